The molecule has 2 aromatic heterocycles. The highest BCUT2D eigenvalue weighted by Crippen LogP contribution is 2.29. The van der Waals surface area contributed by atoms with Crippen LogP contribution >= 0.6 is 11.3 Å². The van der Waals surface area contributed by atoms with Gasteiger partial charge in [-0.2, -0.15) is 0 Å². The van der Waals surface area contributed by atoms with Gasteiger partial charge in [0.25, 0.3) is 0 Å². The van der Waals surface area contributed by atoms with Crippen LogP contribution in [0, 0.1) is 6.92 Å². The molecule has 0 unspecified atom stereocenters. The zero-order chi connectivity index (χ0) is 20.9. The van der Waals surface area contributed by atoms with Gasteiger partial charge in [-0.1, -0.05) is 29.0 Å². The van der Waals surface area contributed by atoms with Crippen molar-refractivity contribution in [1.29, 1.82) is 0 Å². The number of hydrogen-bond donors (Lipinski definition) is 2. The standard InChI is InChI=1S/C21H26N6O2S/c1-15-3-5-16(6-4-15)26(2)18-8-7-17-19(24-18)30-21(23-17)25-20(28)22-9-10-27-11-13-29-14-12-27/h3-8H,9-14H2,1-2H3,(H2,22,23,25,28). The van der Waals surface area contributed by atoms with Crippen molar-refractivity contribution in [2.45, 2.75) is 6.92 Å². The Morgan fingerprint density at radius 3 is 2.70 bits per heavy atom. The van der Waals surface area contributed by atoms with Crippen molar-refractivity contribution in [2.24, 2.45) is 0 Å². The fourth-order valence-electron chi connectivity index (χ4n) is 3.24. The molecule has 1 aromatic carbocycles. The molecule has 158 valence electrons. The number of ether oxygens (including phenoxy) is 1. The first kappa shape index (κ1) is 20.5. The average molecular weight is 427 g/mol. The molecule has 2 N–H and O–H groups in total. The Hall–Kier alpha value is -2.75. The topological polar surface area (TPSA) is 82.6 Å². The van der Waals surface area contributed by atoms with Crippen molar-refractivity contribution in [2.75, 3.05) is 56.7 Å². The van der Waals surface area contributed by atoms with Crippen LogP contribution in [-0.4, -0.2) is 67.3 Å². The second-order valence-corrected chi connectivity index (χ2v) is 8.22. The first-order valence-electron chi connectivity index (χ1n) is 10.0. The quantitative estimate of drug-likeness (QED) is 0.630. The molecular weight excluding hydrogens is 400 g/mol. The third-order valence-corrected chi connectivity index (χ3v) is 5.92. The fourth-order valence-corrected chi connectivity index (χ4v) is 4.07. The van der Waals surface area contributed by atoms with E-state index in [1.54, 1.807) is 0 Å². The molecule has 1 aliphatic heterocycles. The van der Waals surface area contributed by atoms with Gasteiger partial charge >= 0.3 is 6.03 Å². The van der Waals surface area contributed by atoms with E-state index in [4.69, 9.17) is 9.72 Å². The van der Waals surface area contributed by atoms with Crippen LogP contribution in [0.4, 0.5) is 21.4 Å². The predicted octanol–water partition coefficient (Wildman–Crippen LogP) is 3.22. The number of anilines is 3. The molecule has 8 nitrogen and oxygen atoms in total. The molecule has 0 spiro atoms. The molecular formula is C21H26N6O2S. The number of amides is 2. The third kappa shape index (κ3) is 5.05. The number of carbonyl (C=O) groups excluding carboxylic acids is 1. The Bertz CT molecular complexity index is 1000. The summed E-state index contributed by atoms with van der Waals surface area (Å²) in [6, 6.07) is 11.9. The number of urea groups is 1. The number of aromatic nitrogens is 2. The first-order valence-corrected chi connectivity index (χ1v) is 10.8. The van der Waals surface area contributed by atoms with E-state index in [-0.39, 0.29) is 6.03 Å². The maximum atomic E-state index is 12.2. The molecule has 0 bridgehead atoms. The number of carbonyl (C=O) groups is 1. The number of nitrogens with zero attached hydrogens (tertiary/aromatic N) is 4. The van der Waals surface area contributed by atoms with E-state index in [0.717, 1.165) is 54.7 Å². The minimum absolute atomic E-state index is 0.251. The molecule has 1 saturated heterocycles. The summed E-state index contributed by atoms with van der Waals surface area (Å²) in [5.74, 6) is 0.830. The number of morpholine rings is 1. The molecule has 1 aliphatic rings. The summed E-state index contributed by atoms with van der Waals surface area (Å²) in [6.45, 7) is 6.79. The van der Waals surface area contributed by atoms with Gasteiger partial charge in [-0.15, -0.1) is 0 Å². The number of thiazole rings is 1. The molecule has 0 saturated carbocycles. The van der Waals surface area contributed by atoms with Crippen LogP contribution in [0.2, 0.25) is 0 Å². The molecule has 30 heavy (non-hydrogen) atoms. The minimum Gasteiger partial charge on any atom is -0.379 e. The number of pyridine rings is 1. The normalized spacial score (nSPS) is 14.6. The maximum absolute atomic E-state index is 12.2. The zero-order valence-corrected chi connectivity index (χ0v) is 18.0. The highest BCUT2D eigenvalue weighted by atomic mass is 32.1. The summed E-state index contributed by atoms with van der Waals surface area (Å²) in [7, 11) is 1.99. The zero-order valence-electron chi connectivity index (χ0n) is 17.2. The summed E-state index contributed by atoms with van der Waals surface area (Å²) in [5, 5.41) is 6.24. The van der Waals surface area contributed by atoms with Crippen molar-refractivity contribution in [3.63, 3.8) is 0 Å². The molecule has 2 amide bonds. The smallest absolute Gasteiger partial charge is 0.321 e. The summed E-state index contributed by atoms with van der Waals surface area (Å²) in [4.78, 5) is 26.5. The van der Waals surface area contributed by atoms with Crippen LogP contribution < -0.4 is 15.5 Å². The second kappa shape index (κ2) is 9.38. The Balaban J connectivity index is 1.36. The lowest BCUT2D eigenvalue weighted by atomic mass is 10.2. The van der Waals surface area contributed by atoms with Gasteiger partial charge < -0.3 is 15.0 Å². The lowest BCUT2D eigenvalue weighted by Crippen LogP contribution is -2.42. The largest absolute Gasteiger partial charge is 0.379 e. The van der Waals surface area contributed by atoms with Gasteiger partial charge in [0.05, 0.1) is 13.2 Å². The van der Waals surface area contributed by atoms with Crippen molar-refractivity contribution < 1.29 is 9.53 Å². The number of benzene rings is 1. The summed E-state index contributed by atoms with van der Waals surface area (Å²) in [5.41, 5.74) is 3.05. The molecule has 0 radical (unpaired) electrons. The Labute approximate surface area is 179 Å². The van der Waals surface area contributed by atoms with Gasteiger partial charge in [0.2, 0.25) is 0 Å². The molecule has 4 rings (SSSR count). The van der Waals surface area contributed by atoms with Gasteiger partial charge in [0.15, 0.2) is 5.13 Å². The molecule has 1 fully saturated rings. The maximum Gasteiger partial charge on any atom is 0.321 e. The predicted molar refractivity (Wildman–Crippen MR) is 121 cm³/mol. The van der Waals surface area contributed by atoms with Gasteiger partial charge in [-0.05, 0) is 31.2 Å². The number of rotatable bonds is 6. The Morgan fingerprint density at radius 2 is 1.93 bits per heavy atom. The number of nitrogens with one attached hydrogen (secondary N) is 2. The van der Waals surface area contributed by atoms with Crippen LogP contribution in [0.25, 0.3) is 10.3 Å². The van der Waals surface area contributed by atoms with E-state index in [0.29, 0.717) is 11.7 Å². The highest BCUT2D eigenvalue weighted by molar-refractivity contribution is 7.22. The summed E-state index contributed by atoms with van der Waals surface area (Å²) in [6.07, 6.45) is 0. The van der Waals surface area contributed by atoms with Gasteiger partial charge in [0, 0.05) is 38.9 Å². The first-order chi connectivity index (χ1) is 14.6. The Kier molecular flexibility index (Phi) is 6.41. The fraction of sp³-hybridized carbons (Fsp3) is 0.381. The van der Waals surface area contributed by atoms with Crippen molar-refractivity contribution in [3.8, 4) is 0 Å². The number of fused-ring (bicyclic) bond motifs is 1. The molecule has 0 atom stereocenters. The summed E-state index contributed by atoms with van der Waals surface area (Å²) < 4.78 is 5.33. The third-order valence-electron chi connectivity index (χ3n) is 5.04. The average Bonchev–Trinajstić information content (AvgIpc) is 3.16. The van der Waals surface area contributed by atoms with E-state index >= 15 is 0 Å². The summed E-state index contributed by atoms with van der Waals surface area (Å²) >= 11 is 1.37. The van der Waals surface area contributed by atoms with Crippen LogP contribution in [-0.2, 0) is 4.74 Å². The van der Waals surface area contributed by atoms with Gasteiger partial charge in [-0.25, -0.2) is 14.8 Å². The van der Waals surface area contributed by atoms with Crippen molar-refractivity contribution in [3.05, 3.63) is 42.0 Å². The van der Waals surface area contributed by atoms with E-state index in [9.17, 15) is 4.79 Å². The van der Waals surface area contributed by atoms with E-state index < -0.39 is 0 Å². The van der Waals surface area contributed by atoms with Crippen molar-refractivity contribution in [1.82, 2.24) is 20.2 Å². The van der Waals surface area contributed by atoms with Crippen LogP contribution in [0.1, 0.15) is 5.56 Å². The lowest BCUT2D eigenvalue weighted by Gasteiger charge is -2.26. The number of hydrogen-bond acceptors (Lipinski definition) is 7. The van der Waals surface area contributed by atoms with E-state index in [1.165, 1.54) is 16.9 Å². The lowest BCUT2D eigenvalue weighted by molar-refractivity contribution is 0.0388. The van der Waals surface area contributed by atoms with Gasteiger partial charge in [-0.3, -0.25) is 10.2 Å². The van der Waals surface area contributed by atoms with Gasteiger partial charge in [0.1, 0.15) is 16.2 Å². The van der Waals surface area contributed by atoms with Crippen LogP contribution in [0.3, 0.4) is 0 Å². The second-order valence-electron chi connectivity index (χ2n) is 7.24. The Morgan fingerprint density at radius 1 is 1.17 bits per heavy atom. The molecule has 9 heteroatoms. The highest BCUT2D eigenvalue weighted by Gasteiger charge is 2.13. The van der Waals surface area contributed by atoms with Crippen LogP contribution in [0.15, 0.2) is 36.4 Å². The van der Waals surface area contributed by atoms with Crippen molar-refractivity contribution >= 4 is 44.4 Å². The van der Waals surface area contributed by atoms with E-state index in [1.807, 2.05) is 24.1 Å². The monoisotopic (exact) mass is 426 g/mol. The van der Waals surface area contributed by atoms with Crippen LogP contribution in [0.5, 0.6) is 0 Å². The SMILES string of the molecule is Cc1ccc(N(C)c2ccc3nc(NC(=O)NCCN4CCOCC4)sc3n2)cc1. The molecule has 3 heterocycles. The van der Waals surface area contributed by atoms with E-state index in [2.05, 4.69) is 51.7 Å². The minimum atomic E-state index is -0.251. The number of aryl methyl sites for hydroxylation is 1. The molecule has 0 aliphatic carbocycles. The molecule has 3 aromatic rings.